The number of halogens is 1. The van der Waals surface area contributed by atoms with Crippen LogP contribution in [0.3, 0.4) is 0 Å². The van der Waals surface area contributed by atoms with Gasteiger partial charge in [-0.1, -0.05) is 12.7 Å². The average Bonchev–Trinajstić information content (AvgIpc) is 2.50. The molecule has 0 aliphatic carbocycles. The number of hydrogen-bond acceptors (Lipinski definition) is 3. The van der Waals surface area contributed by atoms with Crippen LogP contribution < -0.4 is 5.73 Å². The molecular weight excluding hydrogens is 248 g/mol. The van der Waals surface area contributed by atoms with Crippen molar-refractivity contribution in [1.29, 1.82) is 0 Å². The molecule has 0 saturated carbocycles. The van der Waals surface area contributed by atoms with Gasteiger partial charge in [0, 0.05) is 31.7 Å². The topological polar surface area (TPSA) is 38.9 Å². The second kappa shape index (κ2) is 3.12. The molecule has 0 amide bonds. The predicted octanol–water partition coefficient (Wildman–Crippen LogP) is 3.28. The van der Waals surface area contributed by atoms with Crippen molar-refractivity contribution < 1.29 is 0 Å². The summed E-state index contributed by atoms with van der Waals surface area (Å²) in [6.45, 7) is 3.73. The monoisotopic (exact) mass is 254 g/mol. The quantitative estimate of drug-likeness (QED) is 0.849. The van der Waals surface area contributed by atoms with E-state index in [4.69, 9.17) is 5.73 Å². The Kier molecular flexibility index (Phi) is 2.09. The molecule has 0 unspecified atom stereocenters. The third-order valence-corrected chi connectivity index (χ3v) is 3.78. The maximum absolute atomic E-state index is 5.76. The zero-order chi connectivity index (χ0) is 9.42. The van der Waals surface area contributed by atoms with Crippen LogP contribution in [0.1, 0.15) is 5.56 Å². The molecule has 2 nitrogen and oxygen atoms in total. The lowest BCUT2D eigenvalue weighted by molar-refractivity contribution is 1.36. The zero-order valence-corrected chi connectivity index (χ0v) is 9.15. The number of rotatable bonds is 1. The van der Waals surface area contributed by atoms with Crippen molar-refractivity contribution in [3.8, 4) is 0 Å². The number of nitrogens with two attached hydrogens (primary N) is 1. The fourth-order valence-electron chi connectivity index (χ4n) is 1.20. The van der Waals surface area contributed by atoms with E-state index in [9.17, 15) is 0 Å². The molecular formula is C9H7BrN2S. The summed E-state index contributed by atoms with van der Waals surface area (Å²) in [6, 6.07) is 0. The van der Waals surface area contributed by atoms with Crippen molar-refractivity contribution >= 4 is 49.2 Å². The zero-order valence-electron chi connectivity index (χ0n) is 6.75. The van der Waals surface area contributed by atoms with Crippen molar-refractivity contribution in [2.45, 2.75) is 0 Å². The summed E-state index contributed by atoms with van der Waals surface area (Å²) in [5.74, 6) is 0.564. The van der Waals surface area contributed by atoms with E-state index in [2.05, 4.69) is 27.5 Å². The molecule has 2 aromatic rings. The van der Waals surface area contributed by atoms with Gasteiger partial charge in [-0.25, -0.2) is 4.98 Å². The van der Waals surface area contributed by atoms with Crippen molar-refractivity contribution in [2.24, 2.45) is 0 Å². The third kappa shape index (κ3) is 1.26. The lowest BCUT2D eigenvalue weighted by Gasteiger charge is -1.99. The fourth-order valence-corrected chi connectivity index (χ4v) is 2.95. The van der Waals surface area contributed by atoms with Gasteiger partial charge in [0.1, 0.15) is 5.82 Å². The molecule has 2 N–H and O–H groups in total. The summed E-state index contributed by atoms with van der Waals surface area (Å²) in [4.78, 5) is 4.09. The number of nitrogens with zero attached hydrogens (tertiary/aromatic N) is 1. The summed E-state index contributed by atoms with van der Waals surface area (Å²) < 4.78 is 2.13. The van der Waals surface area contributed by atoms with E-state index in [0.29, 0.717) is 5.82 Å². The Hall–Kier alpha value is -0.870. The van der Waals surface area contributed by atoms with E-state index in [1.807, 2.05) is 5.38 Å². The standard InChI is InChI=1S/C9H7BrN2S/c1-2-5-3-12-9(11)7-6(10)4-13-8(5)7/h2-4H,1H2,(H2,11,12). The first-order valence-corrected chi connectivity index (χ1v) is 5.35. The fraction of sp³-hybridized carbons (Fsp3) is 0. The summed E-state index contributed by atoms with van der Waals surface area (Å²) in [5.41, 5.74) is 6.78. The second-order valence-electron chi connectivity index (χ2n) is 2.59. The highest BCUT2D eigenvalue weighted by Crippen LogP contribution is 2.35. The first kappa shape index (κ1) is 8.72. The molecule has 0 spiro atoms. The van der Waals surface area contributed by atoms with E-state index in [1.54, 1.807) is 23.6 Å². The molecule has 0 aliphatic rings. The molecule has 2 rings (SSSR count). The number of pyridine rings is 1. The van der Waals surface area contributed by atoms with E-state index < -0.39 is 0 Å². The van der Waals surface area contributed by atoms with Gasteiger partial charge < -0.3 is 5.73 Å². The van der Waals surface area contributed by atoms with Gasteiger partial charge in [-0.15, -0.1) is 11.3 Å². The van der Waals surface area contributed by atoms with Gasteiger partial charge in [-0.05, 0) is 15.9 Å². The number of nitrogen functional groups attached to an aromatic ring is 1. The molecule has 2 heterocycles. The highest BCUT2D eigenvalue weighted by Gasteiger charge is 2.08. The van der Waals surface area contributed by atoms with Crippen LogP contribution in [0.5, 0.6) is 0 Å². The van der Waals surface area contributed by atoms with E-state index in [0.717, 1.165) is 20.1 Å². The third-order valence-electron chi connectivity index (χ3n) is 1.83. The van der Waals surface area contributed by atoms with Crippen molar-refractivity contribution in [3.63, 3.8) is 0 Å². The normalized spacial score (nSPS) is 10.5. The summed E-state index contributed by atoms with van der Waals surface area (Å²) >= 11 is 5.08. The minimum absolute atomic E-state index is 0.564. The molecule has 13 heavy (non-hydrogen) atoms. The SMILES string of the molecule is C=Cc1cnc(N)c2c(Br)csc12. The number of thiophene rings is 1. The Bertz CT molecular complexity index is 476. The van der Waals surface area contributed by atoms with Crippen molar-refractivity contribution in [3.05, 3.63) is 28.2 Å². The van der Waals surface area contributed by atoms with Gasteiger partial charge in [0.2, 0.25) is 0 Å². The first-order valence-electron chi connectivity index (χ1n) is 3.67. The summed E-state index contributed by atoms with van der Waals surface area (Å²) in [7, 11) is 0. The lowest BCUT2D eigenvalue weighted by Crippen LogP contribution is -1.90. The van der Waals surface area contributed by atoms with Crippen molar-refractivity contribution in [2.75, 3.05) is 5.73 Å². The summed E-state index contributed by atoms with van der Waals surface area (Å²) in [6.07, 6.45) is 3.53. The average molecular weight is 255 g/mol. The Morgan fingerprint density at radius 1 is 1.62 bits per heavy atom. The van der Waals surface area contributed by atoms with Crippen LogP contribution in [0.4, 0.5) is 5.82 Å². The van der Waals surface area contributed by atoms with Gasteiger partial charge >= 0.3 is 0 Å². The molecule has 2 aromatic heterocycles. The van der Waals surface area contributed by atoms with Crippen LogP contribution in [0.25, 0.3) is 16.2 Å². The number of fused-ring (bicyclic) bond motifs is 1. The Labute approximate surface area is 88.2 Å². The van der Waals surface area contributed by atoms with Gasteiger partial charge in [-0.2, -0.15) is 0 Å². The Morgan fingerprint density at radius 2 is 2.38 bits per heavy atom. The maximum atomic E-state index is 5.76. The Balaban J connectivity index is 2.95. The predicted molar refractivity (Wildman–Crippen MR) is 61.8 cm³/mol. The minimum Gasteiger partial charge on any atom is -0.383 e. The molecule has 0 aromatic carbocycles. The van der Waals surface area contributed by atoms with Gasteiger partial charge in [0.25, 0.3) is 0 Å². The highest BCUT2D eigenvalue weighted by molar-refractivity contribution is 9.10. The minimum atomic E-state index is 0.564. The van der Waals surface area contributed by atoms with Gasteiger partial charge in [0.15, 0.2) is 0 Å². The Morgan fingerprint density at radius 3 is 3.08 bits per heavy atom. The van der Waals surface area contributed by atoms with E-state index in [1.165, 1.54) is 0 Å². The molecule has 0 fully saturated rings. The highest BCUT2D eigenvalue weighted by atomic mass is 79.9. The number of aromatic nitrogens is 1. The van der Waals surface area contributed by atoms with Crippen LogP contribution in [0.15, 0.2) is 22.6 Å². The molecule has 0 atom stereocenters. The first-order chi connectivity index (χ1) is 6.24. The number of hydrogen-bond donors (Lipinski definition) is 1. The van der Waals surface area contributed by atoms with Crippen LogP contribution in [0, 0.1) is 0 Å². The molecule has 0 saturated heterocycles. The van der Waals surface area contributed by atoms with Crippen LogP contribution >= 0.6 is 27.3 Å². The molecule has 0 bridgehead atoms. The maximum Gasteiger partial charge on any atom is 0.133 e. The largest absolute Gasteiger partial charge is 0.383 e. The smallest absolute Gasteiger partial charge is 0.133 e. The molecule has 0 aliphatic heterocycles. The van der Waals surface area contributed by atoms with Crippen LogP contribution in [-0.4, -0.2) is 4.98 Å². The van der Waals surface area contributed by atoms with E-state index in [-0.39, 0.29) is 0 Å². The van der Waals surface area contributed by atoms with Crippen LogP contribution in [0.2, 0.25) is 0 Å². The van der Waals surface area contributed by atoms with Gasteiger partial charge in [0.05, 0.1) is 0 Å². The van der Waals surface area contributed by atoms with Crippen LogP contribution in [-0.2, 0) is 0 Å². The second-order valence-corrected chi connectivity index (χ2v) is 4.32. The number of anilines is 1. The molecule has 0 radical (unpaired) electrons. The van der Waals surface area contributed by atoms with Crippen molar-refractivity contribution in [1.82, 2.24) is 4.98 Å². The van der Waals surface area contributed by atoms with Gasteiger partial charge in [-0.3, -0.25) is 0 Å². The lowest BCUT2D eigenvalue weighted by atomic mass is 10.2. The molecule has 66 valence electrons. The molecule has 4 heteroatoms. The van der Waals surface area contributed by atoms with E-state index >= 15 is 0 Å². The summed E-state index contributed by atoms with van der Waals surface area (Å²) in [5, 5.41) is 3.00.